The monoisotopic (exact) mass is 541 g/mol. The van der Waals surface area contributed by atoms with Crippen LogP contribution in [0.4, 0.5) is 5.69 Å². The summed E-state index contributed by atoms with van der Waals surface area (Å²) in [5, 5.41) is 3.13. The molecule has 3 rings (SSSR count). The molecular formula is C30H43N3O4S. The van der Waals surface area contributed by atoms with Crippen LogP contribution in [0.15, 0.2) is 54.6 Å². The first-order valence-electron chi connectivity index (χ1n) is 13.6. The molecule has 1 saturated carbocycles. The highest BCUT2D eigenvalue weighted by atomic mass is 32.2. The van der Waals surface area contributed by atoms with E-state index in [9.17, 15) is 18.0 Å². The predicted octanol–water partition coefficient (Wildman–Crippen LogP) is 4.66. The molecule has 0 bridgehead atoms. The number of benzene rings is 2. The predicted molar refractivity (Wildman–Crippen MR) is 154 cm³/mol. The van der Waals surface area contributed by atoms with Gasteiger partial charge in [0.15, 0.2) is 0 Å². The molecule has 1 aliphatic carbocycles. The van der Waals surface area contributed by atoms with E-state index in [1.54, 1.807) is 17.0 Å². The molecule has 1 N–H and O–H groups in total. The SMILES string of the molecule is CC[C@@H](C(=O)NC1CCCC1)N(CCc1ccccc1)C(=O)CN(c1ccc(C(C)(C)C)cc1)S(C)(=O)=O. The van der Waals surface area contributed by atoms with Crippen LogP contribution in [0.2, 0.25) is 0 Å². The van der Waals surface area contributed by atoms with Crippen molar-refractivity contribution in [2.24, 2.45) is 0 Å². The molecule has 7 nitrogen and oxygen atoms in total. The lowest BCUT2D eigenvalue weighted by atomic mass is 9.87. The molecule has 8 heteroatoms. The lowest BCUT2D eigenvalue weighted by Gasteiger charge is -2.33. The molecule has 0 aromatic heterocycles. The van der Waals surface area contributed by atoms with Crippen LogP contribution in [0.3, 0.4) is 0 Å². The summed E-state index contributed by atoms with van der Waals surface area (Å²) >= 11 is 0. The molecule has 1 fully saturated rings. The maximum Gasteiger partial charge on any atom is 0.244 e. The molecule has 1 aliphatic rings. The van der Waals surface area contributed by atoms with Gasteiger partial charge in [-0.1, -0.05) is 83.0 Å². The van der Waals surface area contributed by atoms with Gasteiger partial charge in [0.2, 0.25) is 21.8 Å². The Kier molecular flexibility index (Phi) is 9.99. The van der Waals surface area contributed by atoms with Gasteiger partial charge in [-0.25, -0.2) is 8.42 Å². The Balaban J connectivity index is 1.87. The smallest absolute Gasteiger partial charge is 0.244 e. The molecule has 0 heterocycles. The van der Waals surface area contributed by atoms with E-state index in [1.165, 1.54) is 0 Å². The Morgan fingerprint density at radius 2 is 1.61 bits per heavy atom. The fraction of sp³-hybridized carbons (Fsp3) is 0.533. The van der Waals surface area contributed by atoms with Crippen molar-refractivity contribution in [3.63, 3.8) is 0 Å². The minimum Gasteiger partial charge on any atom is -0.352 e. The second-order valence-corrected chi connectivity index (χ2v) is 13.2. The molecule has 1 atom stereocenters. The zero-order chi connectivity index (χ0) is 27.9. The number of hydrogen-bond donors (Lipinski definition) is 1. The maximum absolute atomic E-state index is 13.8. The quantitative estimate of drug-likeness (QED) is 0.448. The number of nitrogens with one attached hydrogen (secondary N) is 1. The van der Waals surface area contributed by atoms with Gasteiger partial charge >= 0.3 is 0 Å². The fourth-order valence-electron chi connectivity index (χ4n) is 5.00. The van der Waals surface area contributed by atoms with Gasteiger partial charge in [0.1, 0.15) is 12.6 Å². The summed E-state index contributed by atoms with van der Waals surface area (Å²) in [6, 6.07) is 16.5. The van der Waals surface area contributed by atoms with Crippen molar-refractivity contribution in [3.8, 4) is 0 Å². The van der Waals surface area contributed by atoms with Crippen LogP contribution in [-0.4, -0.2) is 56.6 Å². The van der Waals surface area contributed by atoms with Crippen LogP contribution in [0.5, 0.6) is 0 Å². The van der Waals surface area contributed by atoms with Crippen LogP contribution in [-0.2, 0) is 31.4 Å². The first-order chi connectivity index (χ1) is 17.9. The number of carbonyl (C=O) groups excluding carboxylic acids is 2. The van der Waals surface area contributed by atoms with Crippen molar-refractivity contribution in [1.82, 2.24) is 10.2 Å². The van der Waals surface area contributed by atoms with E-state index in [1.807, 2.05) is 49.4 Å². The first-order valence-corrected chi connectivity index (χ1v) is 15.5. The van der Waals surface area contributed by atoms with E-state index < -0.39 is 16.1 Å². The summed E-state index contributed by atoms with van der Waals surface area (Å²) in [5.41, 5.74) is 2.47. The summed E-state index contributed by atoms with van der Waals surface area (Å²) in [6.07, 6.45) is 6.21. The number of nitrogens with zero attached hydrogens (tertiary/aromatic N) is 2. The number of sulfonamides is 1. The molecule has 208 valence electrons. The zero-order valence-electron chi connectivity index (χ0n) is 23.4. The average Bonchev–Trinajstić information content (AvgIpc) is 3.37. The topological polar surface area (TPSA) is 86.8 Å². The zero-order valence-corrected chi connectivity index (χ0v) is 24.3. The van der Waals surface area contributed by atoms with Gasteiger partial charge in [-0.05, 0) is 54.4 Å². The lowest BCUT2D eigenvalue weighted by Crippen LogP contribution is -2.54. The van der Waals surface area contributed by atoms with Crippen LogP contribution < -0.4 is 9.62 Å². The Morgan fingerprint density at radius 3 is 2.13 bits per heavy atom. The Morgan fingerprint density at radius 1 is 1.00 bits per heavy atom. The van der Waals surface area contributed by atoms with Gasteiger partial charge in [0.05, 0.1) is 11.9 Å². The number of hydrogen-bond acceptors (Lipinski definition) is 4. The summed E-state index contributed by atoms with van der Waals surface area (Å²) in [6.45, 7) is 8.11. The molecule has 0 unspecified atom stereocenters. The van der Waals surface area contributed by atoms with Crippen molar-refractivity contribution >= 4 is 27.5 Å². The standard InChI is InChI=1S/C30H43N3O4S/c1-6-27(29(35)31-25-14-10-11-15-25)32(21-20-23-12-8-7-9-13-23)28(34)22-33(38(5,36)37)26-18-16-24(17-19-26)30(2,3)4/h7-9,12-13,16-19,25,27H,6,10-11,14-15,20-22H2,1-5H3,(H,31,35)/t27-/m0/s1. The van der Waals surface area contributed by atoms with Crippen LogP contribution in [0.25, 0.3) is 0 Å². The highest BCUT2D eigenvalue weighted by molar-refractivity contribution is 7.92. The van der Waals surface area contributed by atoms with Crippen LogP contribution in [0, 0.1) is 0 Å². The van der Waals surface area contributed by atoms with Gasteiger partial charge < -0.3 is 10.2 Å². The highest BCUT2D eigenvalue weighted by Crippen LogP contribution is 2.26. The van der Waals surface area contributed by atoms with E-state index >= 15 is 0 Å². The summed E-state index contributed by atoms with van der Waals surface area (Å²) in [4.78, 5) is 28.7. The third-order valence-electron chi connectivity index (χ3n) is 7.27. The van der Waals surface area contributed by atoms with E-state index in [0.717, 1.165) is 47.4 Å². The maximum atomic E-state index is 13.8. The van der Waals surface area contributed by atoms with E-state index in [2.05, 4.69) is 26.1 Å². The van der Waals surface area contributed by atoms with Crippen molar-refractivity contribution in [1.29, 1.82) is 0 Å². The van der Waals surface area contributed by atoms with Gasteiger partial charge in [-0.15, -0.1) is 0 Å². The Labute approximate surface area is 228 Å². The van der Waals surface area contributed by atoms with Gasteiger partial charge in [0.25, 0.3) is 0 Å². The third kappa shape index (κ3) is 8.06. The summed E-state index contributed by atoms with van der Waals surface area (Å²) < 4.78 is 26.8. The molecule has 2 aromatic carbocycles. The highest BCUT2D eigenvalue weighted by Gasteiger charge is 2.32. The van der Waals surface area contributed by atoms with Crippen molar-refractivity contribution in [2.45, 2.75) is 83.7 Å². The number of amides is 2. The number of rotatable bonds is 11. The molecule has 2 aromatic rings. The van der Waals surface area contributed by atoms with Crippen molar-refractivity contribution < 1.29 is 18.0 Å². The summed E-state index contributed by atoms with van der Waals surface area (Å²) in [7, 11) is -3.75. The average molecular weight is 542 g/mol. The second-order valence-electron chi connectivity index (χ2n) is 11.3. The van der Waals surface area contributed by atoms with Gasteiger partial charge in [-0.2, -0.15) is 0 Å². The molecule has 0 radical (unpaired) electrons. The summed E-state index contributed by atoms with van der Waals surface area (Å²) in [5.74, 6) is -0.555. The van der Waals surface area contributed by atoms with E-state index in [4.69, 9.17) is 0 Å². The first kappa shape index (κ1) is 29.7. The number of anilines is 1. The molecular weight excluding hydrogens is 498 g/mol. The minimum atomic E-state index is -3.75. The van der Waals surface area contributed by atoms with E-state index in [0.29, 0.717) is 25.1 Å². The molecule has 38 heavy (non-hydrogen) atoms. The van der Waals surface area contributed by atoms with Gasteiger partial charge in [-0.3, -0.25) is 13.9 Å². The molecule has 0 aliphatic heterocycles. The van der Waals surface area contributed by atoms with Crippen LogP contribution in [0.1, 0.15) is 70.9 Å². The molecule has 2 amide bonds. The normalized spacial score (nSPS) is 15.2. The van der Waals surface area contributed by atoms with Gasteiger partial charge in [0, 0.05) is 12.6 Å². The molecule has 0 saturated heterocycles. The minimum absolute atomic E-state index is 0.0838. The second kappa shape index (κ2) is 12.8. The Hall–Kier alpha value is -2.87. The van der Waals surface area contributed by atoms with Crippen molar-refractivity contribution in [3.05, 3.63) is 65.7 Å². The number of carbonyl (C=O) groups is 2. The lowest BCUT2D eigenvalue weighted by molar-refractivity contribution is -0.139. The molecule has 0 spiro atoms. The van der Waals surface area contributed by atoms with Crippen LogP contribution >= 0.6 is 0 Å². The van der Waals surface area contributed by atoms with Crippen molar-refractivity contribution in [2.75, 3.05) is 23.7 Å². The third-order valence-corrected chi connectivity index (χ3v) is 8.41. The largest absolute Gasteiger partial charge is 0.352 e. The van der Waals surface area contributed by atoms with E-state index in [-0.39, 0.29) is 29.8 Å². The Bertz CT molecular complexity index is 1170. The fourth-order valence-corrected chi connectivity index (χ4v) is 5.85.